The van der Waals surface area contributed by atoms with Gasteiger partial charge in [0.25, 0.3) is 0 Å². The lowest BCUT2D eigenvalue weighted by molar-refractivity contribution is -0.116. The Hall–Kier alpha value is -2.33. The van der Waals surface area contributed by atoms with E-state index in [9.17, 15) is 9.59 Å². The van der Waals surface area contributed by atoms with E-state index in [0.717, 1.165) is 0 Å². The number of ether oxygens (including phenoxy) is 2. The first-order valence-electron chi connectivity index (χ1n) is 6.77. The van der Waals surface area contributed by atoms with Gasteiger partial charge in [-0.3, -0.25) is 9.59 Å². The van der Waals surface area contributed by atoms with Crippen molar-refractivity contribution in [3.8, 4) is 11.5 Å². The zero-order valence-corrected chi connectivity index (χ0v) is 12.6. The first-order chi connectivity index (χ1) is 10.5. The van der Waals surface area contributed by atoms with Crippen molar-refractivity contribution in [2.75, 3.05) is 6.79 Å². The van der Waals surface area contributed by atoms with Crippen LogP contribution in [-0.4, -0.2) is 18.4 Å². The summed E-state index contributed by atoms with van der Waals surface area (Å²) in [6.45, 7) is 1.60. The molecule has 4 nitrogen and oxygen atoms in total. The Morgan fingerprint density at radius 1 is 1.14 bits per heavy atom. The van der Waals surface area contributed by atoms with Gasteiger partial charge in [-0.05, 0) is 36.8 Å². The van der Waals surface area contributed by atoms with Gasteiger partial charge in [0.15, 0.2) is 17.3 Å². The predicted molar refractivity (Wildman–Crippen MR) is 81.8 cm³/mol. The molecule has 22 heavy (non-hydrogen) atoms. The fraction of sp³-hybridized carbons (Fsp3) is 0.176. The second-order valence-corrected chi connectivity index (χ2v) is 5.52. The molecule has 0 aliphatic carbocycles. The van der Waals surface area contributed by atoms with E-state index in [-0.39, 0.29) is 24.8 Å². The topological polar surface area (TPSA) is 52.6 Å². The molecule has 0 saturated heterocycles. The molecule has 0 bridgehead atoms. The number of carbonyl (C=O) groups excluding carboxylic acids is 2. The molecule has 5 heteroatoms. The van der Waals surface area contributed by atoms with E-state index in [1.165, 1.54) is 6.92 Å². The van der Waals surface area contributed by atoms with Gasteiger partial charge >= 0.3 is 0 Å². The maximum absolute atomic E-state index is 12.7. The van der Waals surface area contributed by atoms with Gasteiger partial charge in [-0.2, -0.15) is 0 Å². The van der Waals surface area contributed by atoms with E-state index < -0.39 is 0 Å². The molecule has 0 aromatic heterocycles. The first kappa shape index (κ1) is 14.6. The van der Waals surface area contributed by atoms with Crippen LogP contribution >= 0.6 is 11.6 Å². The summed E-state index contributed by atoms with van der Waals surface area (Å²) >= 11 is 5.94. The van der Waals surface area contributed by atoms with Crippen molar-refractivity contribution in [1.29, 1.82) is 0 Å². The van der Waals surface area contributed by atoms with Crippen LogP contribution in [-0.2, 0) is 11.2 Å². The molecule has 0 spiro atoms. The summed E-state index contributed by atoms with van der Waals surface area (Å²) < 4.78 is 10.6. The molecule has 0 saturated carbocycles. The minimum atomic E-state index is -0.197. The lowest BCUT2D eigenvalue weighted by Gasteiger charge is -2.09. The average molecular weight is 317 g/mol. The molecular formula is C17H13ClO4. The molecule has 1 aliphatic rings. The molecule has 0 N–H and O–H groups in total. The van der Waals surface area contributed by atoms with Crippen LogP contribution in [0.2, 0.25) is 5.02 Å². The number of fused-ring (bicyclic) bond motifs is 1. The van der Waals surface area contributed by atoms with E-state index in [1.54, 1.807) is 36.4 Å². The van der Waals surface area contributed by atoms with Crippen LogP contribution in [0, 0.1) is 0 Å². The molecule has 0 atom stereocenters. The van der Waals surface area contributed by atoms with Gasteiger partial charge < -0.3 is 9.47 Å². The number of hydrogen-bond acceptors (Lipinski definition) is 4. The van der Waals surface area contributed by atoms with Crippen molar-refractivity contribution >= 4 is 23.2 Å². The number of hydrogen-bond donors (Lipinski definition) is 0. The second kappa shape index (κ2) is 5.81. The van der Waals surface area contributed by atoms with Crippen LogP contribution in [0.4, 0.5) is 0 Å². The molecule has 2 aromatic rings. The second-order valence-electron chi connectivity index (χ2n) is 5.08. The monoisotopic (exact) mass is 316 g/mol. The summed E-state index contributed by atoms with van der Waals surface area (Å²) in [6, 6.07) is 10.0. The van der Waals surface area contributed by atoms with Crippen molar-refractivity contribution in [2.24, 2.45) is 0 Å². The first-order valence-corrected chi connectivity index (χ1v) is 7.14. The Morgan fingerprint density at radius 3 is 2.55 bits per heavy atom. The van der Waals surface area contributed by atoms with E-state index in [0.29, 0.717) is 33.2 Å². The van der Waals surface area contributed by atoms with Crippen LogP contribution in [0.5, 0.6) is 11.5 Å². The Morgan fingerprint density at radius 2 is 1.86 bits per heavy atom. The van der Waals surface area contributed by atoms with Crippen LogP contribution in [0.15, 0.2) is 36.4 Å². The van der Waals surface area contributed by atoms with Crippen LogP contribution in [0.1, 0.15) is 28.4 Å². The Kier molecular flexibility index (Phi) is 3.86. The number of rotatable bonds is 4. The van der Waals surface area contributed by atoms with Crippen molar-refractivity contribution < 1.29 is 19.1 Å². The molecular weight excluding hydrogens is 304 g/mol. The van der Waals surface area contributed by atoms with Gasteiger partial charge in [-0.1, -0.05) is 23.7 Å². The highest BCUT2D eigenvalue weighted by Gasteiger charge is 2.22. The third-order valence-corrected chi connectivity index (χ3v) is 3.60. The molecule has 1 aliphatic heterocycles. The summed E-state index contributed by atoms with van der Waals surface area (Å²) in [5, 5.41) is 0.486. The van der Waals surface area contributed by atoms with Crippen LogP contribution < -0.4 is 9.47 Å². The van der Waals surface area contributed by atoms with Crippen molar-refractivity contribution in [3.63, 3.8) is 0 Å². The Labute approximate surface area is 132 Å². The number of benzene rings is 2. The van der Waals surface area contributed by atoms with Gasteiger partial charge in [-0.15, -0.1) is 0 Å². The average Bonchev–Trinajstić information content (AvgIpc) is 2.92. The van der Waals surface area contributed by atoms with Gasteiger partial charge in [0.1, 0.15) is 5.78 Å². The zero-order chi connectivity index (χ0) is 15.7. The lowest BCUT2D eigenvalue weighted by Crippen LogP contribution is -2.08. The standard InChI is InChI=1S/C17H13ClO4/c1-10(19)5-12-7-15-16(22-9-21-15)8-14(12)17(20)11-3-2-4-13(18)6-11/h2-4,6-8H,5,9H2,1H3. The highest BCUT2D eigenvalue weighted by Crippen LogP contribution is 2.36. The summed E-state index contributed by atoms with van der Waals surface area (Å²) in [7, 11) is 0. The Bertz CT molecular complexity index is 767. The predicted octanol–water partition coefficient (Wildman–Crippen LogP) is 3.43. The maximum Gasteiger partial charge on any atom is 0.231 e. The fourth-order valence-corrected chi connectivity index (χ4v) is 2.59. The molecule has 0 unspecified atom stereocenters. The van der Waals surface area contributed by atoms with Gasteiger partial charge in [0, 0.05) is 22.6 Å². The zero-order valence-electron chi connectivity index (χ0n) is 11.9. The van der Waals surface area contributed by atoms with Crippen molar-refractivity contribution in [3.05, 3.63) is 58.1 Å². The largest absolute Gasteiger partial charge is 0.454 e. The summed E-state index contributed by atoms with van der Waals surface area (Å²) in [4.78, 5) is 24.2. The molecule has 112 valence electrons. The maximum atomic E-state index is 12.7. The number of ketones is 2. The number of carbonyl (C=O) groups is 2. The Balaban J connectivity index is 2.08. The van der Waals surface area contributed by atoms with Gasteiger partial charge in [0.05, 0.1) is 0 Å². The molecule has 0 amide bonds. The van der Waals surface area contributed by atoms with E-state index in [1.807, 2.05) is 0 Å². The van der Waals surface area contributed by atoms with Crippen molar-refractivity contribution in [2.45, 2.75) is 13.3 Å². The van der Waals surface area contributed by atoms with Crippen molar-refractivity contribution in [1.82, 2.24) is 0 Å². The summed E-state index contributed by atoms with van der Waals surface area (Å²) in [5.41, 5.74) is 1.53. The van der Waals surface area contributed by atoms with E-state index >= 15 is 0 Å². The van der Waals surface area contributed by atoms with E-state index in [4.69, 9.17) is 21.1 Å². The SMILES string of the molecule is CC(=O)Cc1cc2c(cc1C(=O)c1cccc(Cl)c1)OCO2. The quantitative estimate of drug-likeness (QED) is 0.811. The third kappa shape index (κ3) is 2.83. The third-order valence-electron chi connectivity index (χ3n) is 3.37. The van der Waals surface area contributed by atoms with Crippen LogP contribution in [0.3, 0.4) is 0 Å². The summed E-state index contributed by atoms with van der Waals surface area (Å²) in [5.74, 6) is 0.840. The highest BCUT2D eigenvalue weighted by atomic mass is 35.5. The molecule has 1 heterocycles. The minimum absolute atomic E-state index is 0.0287. The summed E-state index contributed by atoms with van der Waals surface area (Å²) in [6.07, 6.45) is 0.165. The lowest BCUT2D eigenvalue weighted by atomic mass is 9.95. The number of Topliss-reactive ketones (excluding diaryl/α,β-unsaturated/α-hetero) is 1. The van der Waals surface area contributed by atoms with E-state index in [2.05, 4.69) is 0 Å². The number of halogens is 1. The fourth-order valence-electron chi connectivity index (χ4n) is 2.40. The van der Waals surface area contributed by atoms with Crippen LogP contribution in [0.25, 0.3) is 0 Å². The van der Waals surface area contributed by atoms with Gasteiger partial charge in [0.2, 0.25) is 6.79 Å². The van der Waals surface area contributed by atoms with Gasteiger partial charge in [-0.25, -0.2) is 0 Å². The molecule has 2 aromatic carbocycles. The molecule has 0 radical (unpaired) electrons. The molecule has 3 rings (SSSR count). The highest BCUT2D eigenvalue weighted by molar-refractivity contribution is 6.31. The smallest absolute Gasteiger partial charge is 0.231 e. The minimum Gasteiger partial charge on any atom is -0.454 e. The normalized spacial score (nSPS) is 12.3. The molecule has 0 fully saturated rings.